The van der Waals surface area contributed by atoms with Crippen LogP contribution >= 0.6 is 0 Å². The first-order chi connectivity index (χ1) is 9.61. The van der Waals surface area contributed by atoms with Crippen LogP contribution in [-0.4, -0.2) is 41.0 Å². The summed E-state index contributed by atoms with van der Waals surface area (Å²) in [6, 6.07) is 6.65. The second kappa shape index (κ2) is 6.34. The highest BCUT2D eigenvalue weighted by atomic mass is 16.3. The standard InChI is InChI=1S/C15H18N2O3/c16-15(20)12-6-3-11(4-7-12)5-8-14(19)17-9-1-2-13(17)10-18/h3-8,13,18H,1-2,9-10H2,(H2,16,20). The number of nitrogens with two attached hydrogens (primary N) is 1. The van der Waals surface area contributed by atoms with Crippen molar-refractivity contribution in [3.63, 3.8) is 0 Å². The molecule has 0 aromatic heterocycles. The van der Waals surface area contributed by atoms with Crippen LogP contribution in [0.2, 0.25) is 0 Å². The quantitative estimate of drug-likeness (QED) is 0.796. The number of benzene rings is 1. The molecule has 106 valence electrons. The molecule has 1 aliphatic rings. The van der Waals surface area contributed by atoms with Gasteiger partial charge in [0.2, 0.25) is 11.8 Å². The SMILES string of the molecule is NC(=O)c1ccc(C=CC(=O)N2CCCC2CO)cc1. The van der Waals surface area contributed by atoms with Crippen LogP contribution < -0.4 is 5.73 Å². The summed E-state index contributed by atoms with van der Waals surface area (Å²) in [5.74, 6) is -0.569. The van der Waals surface area contributed by atoms with E-state index in [-0.39, 0.29) is 18.6 Å². The minimum Gasteiger partial charge on any atom is -0.394 e. The molecule has 5 heteroatoms. The van der Waals surface area contributed by atoms with Crippen LogP contribution in [0.3, 0.4) is 0 Å². The lowest BCUT2D eigenvalue weighted by Gasteiger charge is -2.21. The van der Waals surface area contributed by atoms with Crippen molar-refractivity contribution in [2.24, 2.45) is 5.73 Å². The van der Waals surface area contributed by atoms with Crippen LogP contribution in [0.5, 0.6) is 0 Å². The van der Waals surface area contributed by atoms with Crippen LogP contribution in [0.1, 0.15) is 28.8 Å². The van der Waals surface area contributed by atoms with E-state index in [4.69, 9.17) is 5.73 Å². The molecule has 3 N–H and O–H groups in total. The van der Waals surface area contributed by atoms with Gasteiger partial charge in [0.1, 0.15) is 0 Å². The van der Waals surface area contributed by atoms with Crippen molar-refractivity contribution in [1.29, 1.82) is 0 Å². The zero-order chi connectivity index (χ0) is 14.5. The molecule has 1 saturated heterocycles. The van der Waals surface area contributed by atoms with Crippen molar-refractivity contribution in [3.8, 4) is 0 Å². The molecule has 1 aromatic rings. The average Bonchev–Trinajstić information content (AvgIpc) is 2.93. The molecule has 1 fully saturated rings. The Balaban J connectivity index is 2.01. The van der Waals surface area contributed by atoms with E-state index in [0.717, 1.165) is 18.4 Å². The van der Waals surface area contributed by atoms with Gasteiger partial charge in [-0.25, -0.2) is 0 Å². The first-order valence-electron chi connectivity index (χ1n) is 6.61. The Kier molecular flexibility index (Phi) is 4.53. The molecule has 5 nitrogen and oxygen atoms in total. The number of nitrogens with zero attached hydrogens (tertiary/aromatic N) is 1. The number of amides is 2. The number of aliphatic hydroxyl groups is 1. The third-order valence-corrected chi connectivity index (χ3v) is 3.48. The highest BCUT2D eigenvalue weighted by Gasteiger charge is 2.26. The zero-order valence-electron chi connectivity index (χ0n) is 11.2. The molecule has 1 atom stereocenters. The number of hydrogen-bond acceptors (Lipinski definition) is 3. The summed E-state index contributed by atoms with van der Waals surface area (Å²) in [6.45, 7) is 0.696. The van der Waals surface area contributed by atoms with Gasteiger partial charge >= 0.3 is 0 Å². The van der Waals surface area contributed by atoms with Crippen molar-refractivity contribution < 1.29 is 14.7 Å². The van der Waals surface area contributed by atoms with Crippen LogP contribution in [0.4, 0.5) is 0 Å². The van der Waals surface area contributed by atoms with E-state index in [1.54, 1.807) is 35.2 Å². The first kappa shape index (κ1) is 14.3. The lowest BCUT2D eigenvalue weighted by atomic mass is 10.1. The third-order valence-electron chi connectivity index (χ3n) is 3.48. The molecule has 0 bridgehead atoms. The van der Waals surface area contributed by atoms with Crippen molar-refractivity contribution in [3.05, 3.63) is 41.5 Å². The van der Waals surface area contributed by atoms with E-state index < -0.39 is 5.91 Å². The molecule has 1 heterocycles. The number of likely N-dealkylation sites (tertiary alicyclic amines) is 1. The number of rotatable bonds is 4. The maximum absolute atomic E-state index is 12.0. The number of aliphatic hydroxyl groups excluding tert-OH is 1. The molecule has 1 unspecified atom stereocenters. The number of carbonyl (C=O) groups excluding carboxylic acids is 2. The summed E-state index contributed by atoms with van der Waals surface area (Å²) in [6.07, 6.45) is 4.97. The largest absolute Gasteiger partial charge is 0.394 e. The number of hydrogen-bond donors (Lipinski definition) is 2. The fourth-order valence-corrected chi connectivity index (χ4v) is 2.34. The molecule has 0 saturated carbocycles. The van der Waals surface area contributed by atoms with E-state index in [0.29, 0.717) is 12.1 Å². The van der Waals surface area contributed by atoms with Crippen LogP contribution in [0, 0.1) is 0 Å². The van der Waals surface area contributed by atoms with E-state index in [1.807, 2.05) is 0 Å². The Morgan fingerprint density at radius 2 is 2.05 bits per heavy atom. The maximum Gasteiger partial charge on any atom is 0.248 e. The minimum atomic E-state index is -0.473. The lowest BCUT2D eigenvalue weighted by molar-refractivity contribution is -0.127. The third kappa shape index (κ3) is 3.24. The molecule has 2 rings (SSSR count). The molecule has 0 aliphatic carbocycles. The molecule has 2 amide bonds. The van der Waals surface area contributed by atoms with Gasteiger partial charge in [-0.3, -0.25) is 9.59 Å². The topological polar surface area (TPSA) is 83.6 Å². The van der Waals surface area contributed by atoms with Crippen molar-refractivity contribution in [2.45, 2.75) is 18.9 Å². The highest BCUT2D eigenvalue weighted by Crippen LogP contribution is 2.17. The first-order valence-corrected chi connectivity index (χ1v) is 6.61. The van der Waals surface area contributed by atoms with Gasteiger partial charge in [-0.15, -0.1) is 0 Å². The Labute approximate surface area is 117 Å². The summed E-state index contributed by atoms with van der Waals surface area (Å²) < 4.78 is 0. The van der Waals surface area contributed by atoms with Gasteiger partial charge < -0.3 is 15.7 Å². The second-order valence-corrected chi connectivity index (χ2v) is 4.83. The molecule has 0 spiro atoms. The molecular formula is C15H18N2O3. The van der Waals surface area contributed by atoms with Crippen molar-refractivity contribution >= 4 is 17.9 Å². The van der Waals surface area contributed by atoms with Gasteiger partial charge in [0.15, 0.2) is 0 Å². The summed E-state index contributed by atoms with van der Waals surface area (Å²) >= 11 is 0. The predicted octanol–water partition coefficient (Wildman–Crippen LogP) is 0.782. The van der Waals surface area contributed by atoms with E-state index >= 15 is 0 Å². The number of primary amides is 1. The molecule has 1 aliphatic heterocycles. The predicted molar refractivity (Wildman–Crippen MR) is 75.8 cm³/mol. The monoisotopic (exact) mass is 274 g/mol. The van der Waals surface area contributed by atoms with Gasteiger partial charge in [-0.1, -0.05) is 12.1 Å². The maximum atomic E-state index is 12.0. The Bertz CT molecular complexity index is 522. The van der Waals surface area contributed by atoms with Gasteiger partial charge in [-0.2, -0.15) is 0 Å². The fourth-order valence-electron chi connectivity index (χ4n) is 2.34. The summed E-state index contributed by atoms with van der Waals surface area (Å²) in [4.78, 5) is 24.6. The van der Waals surface area contributed by atoms with E-state index in [2.05, 4.69) is 0 Å². The Morgan fingerprint density at radius 3 is 2.65 bits per heavy atom. The summed E-state index contributed by atoms with van der Waals surface area (Å²) in [5.41, 5.74) is 6.42. The zero-order valence-corrected chi connectivity index (χ0v) is 11.2. The Morgan fingerprint density at radius 1 is 1.35 bits per heavy atom. The van der Waals surface area contributed by atoms with Gasteiger partial charge in [-0.05, 0) is 36.6 Å². The lowest BCUT2D eigenvalue weighted by Crippen LogP contribution is -2.36. The van der Waals surface area contributed by atoms with Crippen LogP contribution in [0.25, 0.3) is 6.08 Å². The van der Waals surface area contributed by atoms with Gasteiger partial charge in [0.05, 0.1) is 12.6 Å². The summed E-state index contributed by atoms with van der Waals surface area (Å²) in [5, 5.41) is 9.19. The Hall–Kier alpha value is -2.14. The van der Waals surface area contributed by atoms with Gasteiger partial charge in [0, 0.05) is 18.2 Å². The van der Waals surface area contributed by atoms with Crippen LogP contribution in [-0.2, 0) is 4.79 Å². The van der Waals surface area contributed by atoms with Crippen molar-refractivity contribution in [2.75, 3.05) is 13.2 Å². The van der Waals surface area contributed by atoms with Crippen LogP contribution in [0.15, 0.2) is 30.3 Å². The smallest absolute Gasteiger partial charge is 0.248 e. The van der Waals surface area contributed by atoms with E-state index in [1.165, 1.54) is 6.08 Å². The van der Waals surface area contributed by atoms with Crippen molar-refractivity contribution in [1.82, 2.24) is 4.90 Å². The summed E-state index contributed by atoms with van der Waals surface area (Å²) in [7, 11) is 0. The molecule has 1 aromatic carbocycles. The fraction of sp³-hybridized carbons (Fsp3) is 0.333. The van der Waals surface area contributed by atoms with E-state index in [9.17, 15) is 14.7 Å². The second-order valence-electron chi connectivity index (χ2n) is 4.83. The number of carbonyl (C=O) groups is 2. The highest BCUT2D eigenvalue weighted by molar-refractivity contribution is 5.94. The molecular weight excluding hydrogens is 256 g/mol. The normalized spacial score (nSPS) is 18.6. The average molecular weight is 274 g/mol. The minimum absolute atomic E-state index is 0.00683. The van der Waals surface area contributed by atoms with Gasteiger partial charge in [0.25, 0.3) is 0 Å². The molecule has 20 heavy (non-hydrogen) atoms. The molecule has 0 radical (unpaired) electrons.